The topological polar surface area (TPSA) is 75.5 Å². The lowest BCUT2D eigenvalue weighted by Crippen LogP contribution is -2.34. The third-order valence-corrected chi connectivity index (χ3v) is 4.40. The van der Waals surface area contributed by atoms with Crippen LogP contribution in [0.15, 0.2) is 42.5 Å². The highest BCUT2D eigenvalue weighted by Gasteiger charge is 2.18. The summed E-state index contributed by atoms with van der Waals surface area (Å²) in [5, 5.41) is 13.5. The number of hydrogen-bond acceptors (Lipinski definition) is 4. The molecule has 1 amide bonds. The number of benzene rings is 2. The Kier molecular flexibility index (Phi) is 4.97. The Labute approximate surface area is 146 Å². The molecule has 6 heteroatoms. The van der Waals surface area contributed by atoms with Gasteiger partial charge in [-0.2, -0.15) is 0 Å². The van der Waals surface area contributed by atoms with Crippen LogP contribution in [0.5, 0.6) is 0 Å². The summed E-state index contributed by atoms with van der Waals surface area (Å²) in [6, 6.07) is 12.2. The Morgan fingerprint density at radius 1 is 1.20 bits per heavy atom. The first kappa shape index (κ1) is 17.0. The van der Waals surface area contributed by atoms with Gasteiger partial charge in [-0.05, 0) is 49.9 Å². The van der Waals surface area contributed by atoms with Crippen LogP contribution in [0.4, 0.5) is 17.1 Å². The van der Waals surface area contributed by atoms with Gasteiger partial charge in [0.1, 0.15) is 0 Å². The zero-order valence-corrected chi connectivity index (χ0v) is 14.2. The van der Waals surface area contributed by atoms with Crippen LogP contribution in [0.25, 0.3) is 0 Å². The number of carbonyl (C=O) groups excluding carboxylic acids is 1. The summed E-state index contributed by atoms with van der Waals surface area (Å²) in [6.45, 7) is 3.20. The van der Waals surface area contributed by atoms with Gasteiger partial charge in [-0.15, -0.1) is 0 Å². The van der Waals surface area contributed by atoms with Crippen molar-refractivity contribution < 1.29 is 9.72 Å². The van der Waals surface area contributed by atoms with E-state index in [1.807, 2.05) is 0 Å². The van der Waals surface area contributed by atoms with E-state index in [4.69, 9.17) is 0 Å². The van der Waals surface area contributed by atoms with Crippen LogP contribution in [0.3, 0.4) is 0 Å². The molecule has 1 aliphatic heterocycles. The Hall–Kier alpha value is -2.89. The number of non-ortho nitro benzene ring substituents is 1. The summed E-state index contributed by atoms with van der Waals surface area (Å²) in [7, 11) is 0. The fourth-order valence-corrected chi connectivity index (χ4v) is 3.17. The number of nitro benzene ring substituents is 1. The number of aryl methyl sites for hydroxylation is 2. The van der Waals surface area contributed by atoms with Crippen LogP contribution in [0.1, 0.15) is 24.0 Å². The lowest BCUT2D eigenvalue weighted by molar-refractivity contribution is -0.384. The van der Waals surface area contributed by atoms with Crippen LogP contribution in [0.2, 0.25) is 0 Å². The van der Waals surface area contributed by atoms with E-state index >= 15 is 0 Å². The van der Waals surface area contributed by atoms with Gasteiger partial charge in [-0.3, -0.25) is 14.9 Å². The van der Waals surface area contributed by atoms with Crippen molar-refractivity contribution in [2.24, 2.45) is 0 Å². The predicted molar refractivity (Wildman–Crippen MR) is 98.1 cm³/mol. The van der Waals surface area contributed by atoms with Gasteiger partial charge in [0.2, 0.25) is 5.91 Å². The summed E-state index contributed by atoms with van der Waals surface area (Å²) in [4.78, 5) is 24.7. The molecule has 0 unspecified atom stereocenters. The number of nitrogens with zero attached hydrogens (tertiary/aromatic N) is 2. The predicted octanol–water partition coefficient (Wildman–Crippen LogP) is 3.68. The molecule has 0 fully saturated rings. The first-order valence-corrected chi connectivity index (χ1v) is 8.42. The number of hydrogen-bond donors (Lipinski definition) is 1. The number of anilines is 2. The van der Waals surface area contributed by atoms with Gasteiger partial charge >= 0.3 is 0 Å². The molecule has 25 heavy (non-hydrogen) atoms. The summed E-state index contributed by atoms with van der Waals surface area (Å²) >= 11 is 0. The largest absolute Gasteiger partial charge is 0.362 e. The molecule has 3 rings (SSSR count). The number of nitrogens with one attached hydrogen (secondary N) is 1. The summed E-state index contributed by atoms with van der Waals surface area (Å²) in [5.74, 6) is -0.123. The smallest absolute Gasteiger partial charge is 0.269 e. The van der Waals surface area contributed by atoms with Crippen molar-refractivity contribution in [2.75, 3.05) is 23.3 Å². The Balaban J connectivity index is 1.69. The maximum atomic E-state index is 12.4. The van der Waals surface area contributed by atoms with Crippen molar-refractivity contribution in [3.05, 3.63) is 63.7 Å². The molecule has 0 aromatic heterocycles. The average molecular weight is 339 g/mol. The Bertz CT molecular complexity index is 787. The Morgan fingerprint density at radius 2 is 1.96 bits per heavy atom. The van der Waals surface area contributed by atoms with Gasteiger partial charge in [0.25, 0.3) is 5.69 Å². The molecule has 0 spiro atoms. The number of nitro groups is 1. The second-order valence-corrected chi connectivity index (χ2v) is 6.36. The molecular weight excluding hydrogens is 318 g/mol. The van der Waals surface area contributed by atoms with Gasteiger partial charge in [-0.1, -0.05) is 17.7 Å². The first-order chi connectivity index (χ1) is 12.0. The highest BCUT2D eigenvalue weighted by Crippen LogP contribution is 2.27. The molecule has 0 bridgehead atoms. The molecule has 0 saturated heterocycles. The highest BCUT2D eigenvalue weighted by atomic mass is 16.6. The molecule has 1 N–H and O–H groups in total. The number of fused-ring (bicyclic) bond motifs is 1. The van der Waals surface area contributed by atoms with Crippen molar-refractivity contribution in [3.63, 3.8) is 0 Å². The van der Waals surface area contributed by atoms with Gasteiger partial charge in [0.15, 0.2) is 0 Å². The molecule has 2 aromatic carbocycles. The second kappa shape index (κ2) is 7.34. The third kappa shape index (κ3) is 4.15. The quantitative estimate of drug-likeness (QED) is 0.681. The monoisotopic (exact) mass is 339 g/mol. The maximum Gasteiger partial charge on any atom is 0.269 e. The van der Waals surface area contributed by atoms with Crippen LogP contribution in [0, 0.1) is 17.0 Å². The molecule has 0 radical (unpaired) electrons. The van der Waals surface area contributed by atoms with Gasteiger partial charge < -0.3 is 10.2 Å². The molecule has 1 heterocycles. The van der Waals surface area contributed by atoms with E-state index < -0.39 is 4.92 Å². The maximum absolute atomic E-state index is 12.4. The average Bonchev–Trinajstić information content (AvgIpc) is 2.77. The van der Waals surface area contributed by atoms with Crippen LogP contribution >= 0.6 is 0 Å². The summed E-state index contributed by atoms with van der Waals surface area (Å²) in [6.07, 6.45) is 3.22. The van der Waals surface area contributed by atoms with E-state index in [-0.39, 0.29) is 18.1 Å². The fourth-order valence-electron chi connectivity index (χ4n) is 3.17. The molecule has 6 nitrogen and oxygen atoms in total. The number of amides is 1. The van der Waals surface area contributed by atoms with E-state index in [9.17, 15) is 14.9 Å². The van der Waals surface area contributed by atoms with Gasteiger partial charge in [0, 0.05) is 30.1 Å². The minimum absolute atomic E-state index is 0.00909. The standard InChI is InChI=1S/C19H21N3O3/c1-14-5-10-18-15(12-14)4-2-3-11-21(18)13-19(23)20-16-6-8-17(9-7-16)22(24)25/h5-10,12H,2-4,11,13H2,1H3,(H,20,23). The molecule has 130 valence electrons. The van der Waals surface area contributed by atoms with E-state index in [2.05, 4.69) is 35.3 Å². The van der Waals surface area contributed by atoms with Crippen molar-refractivity contribution in [1.29, 1.82) is 0 Å². The van der Waals surface area contributed by atoms with E-state index in [0.29, 0.717) is 5.69 Å². The lowest BCUT2D eigenvalue weighted by Gasteiger charge is -2.24. The summed E-state index contributed by atoms with van der Waals surface area (Å²) in [5.41, 5.74) is 4.22. The number of rotatable bonds is 4. The lowest BCUT2D eigenvalue weighted by atomic mass is 10.0. The summed E-state index contributed by atoms with van der Waals surface area (Å²) < 4.78 is 0. The van der Waals surface area contributed by atoms with Crippen molar-refractivity contribution in [2.45, 2.75) is 26.2 Å². The third-order valence-electron chi connectivity index (χ3n) is 4.40. The van der Waals surface area contributed by atoms with Crippen LogP contribution in [-0.4, -0.2) is 23.9 Å². The van der Waals surface area contributed by atoms with E-state index in [1.165, 1.54) is 23.3 Å². The minimum atomic E-state index is -0.457. The fraction of sp³-hybridized carbons (Fsp3) is 0.316. The molecular formula is C19H21N3O3. The van der Waals surface area contributed by atoms with Gasteiger partial charge in [0.05, 0.1) is 11.5 Å². The molecule has 0 aliphatic carbocycles. The van der Waals surface area contributed by atoms with Crippen LogP contribution in [-0.2, 0) is 11.2 Å². The Morgan fingerprint density at radius 3 is 2.68 bits per heavy atom. The van der Waals surface area contributed by atoms with Crippen LogP contribution < -0.4 is 10.2 Å². The normalized spacial score (nSPS) is 13.7. The zero-order chi connectivity index (χ0) is 17.8. The SMILES string of the molecule is Cc1ccc2c(c1)CCCCN2CC(=O)Nc1ccc([N+](=O)[O-])cc1. The van der Waals surface area contributed by atoms with Crippen molar-refractivity contribution >= 4 is 23.0 Å². The van der Waals surface area contributed by atoms with Crippen molar-refractivity contribution in [3.8, 4) is 0 Å². The molecule has 2 aromatic rings. The van der Waals surface area contributed by atoms with Gasteiger partial charge in [-0.25, -0.2) is 0 Å². The molecule has 0 saturated carbocycles. The first-order valence-electron chi connectivity index (χ1n) is 8.42. The minimum Gasteiger partial charge on any atom is -0.362 e. The van der Waals surface area contributed by atoms with Crippen molar-refractivity contribution in [1.82, 2.24) is 0 Å². The molecule has 1 aliphatic rings. The van der Waals surface area contributed by atoms with E-state index in [1.54, 1.807) is 12.1 Å². The number of carbonyl (C=O) groups is 1. The second-order valence-electron chi connectivity index (χ2n) is 6.36. The molecule has 0 atom stereocenters. The highest BCUT2D eigenvalue weighted by molar-refractivity contribution is 5.94. The zero-order valence-electron chi connectivity index (χ0n) is 14.2. The van der Waals surface area contributed by atoms with E-state index in [0.717, 1.165) is 31.5 Å².